The summed E-state index contributed by atoms with van der Waals surface area (Å²) < 4.78 is 27.6. The number of hydrogen-bond donors (Lipinski definition) is 3. The lowest BCUT2D eigenvalue weighted by molar-refractivity contribution is -0.121. The van der Waals surface area contributed by atoms with Gasteiger partial charge < -0.3 is 10.6 Å². The van der Waals surface area contributed by atoms with Crippen LogP contribution in [0.15, 0.2) is 29.2 Å². The fourth-order valence-electron chi connectivity index (χ4n) is 2.08. The number of amides is 1. The molecule has 0 atom stereocenters. The van der Waals surface area contributed by atoms with Gasteiger partial charge in [0.1, 0.15) is 0 Å². The molecule has 130 valence electrons. The molecule has 0 radical (unpaired) electrons. The minimum absolute atomic E-state index is 0.0868. The summed E-state index contributed by atoms with van der Waals surface area (Å²) in [4.78, 5) is 12.0. The molecule has 6 nitrogen and oxygen atoms in total. The van der Waals surface area contributed by atoms with E-state index in [2.05, 4.69) is 15.4 Å². The molecule has 1 aromatic carbocycles. The Bertz CT molecular complexity index is 622. The van der Waals surface area contributed by atoms with Gasteiger partial charge >= 0.3 is 0 Å². The van der Waals surface area contributed by atoms with Gasteiger partial charge in [-0.05, 0) is 52.4 Å². The molecular weight excluding hydrogens is 314 g/mol. The molecule has 0 aromatic heterocycles. The Hall–Kier alpha value is -1.44. The maximum absolute atomic E-state index is 12.5. The molecule has 0 aliphatic rings. The fourth-order valence-corrected chi connectivity index (χ4v) is 3.74. The van der Waals surface area contributed by atoms with Gasteiger partial charge in [-0.1, -0.05) is 18.2 Å². The number of nitrogens with one attached hydrogen (secondary N) is 3. The molecule has 0 fully saturated rings. The Kier molecular flexibility index (Phi) is 7.18. The van der Waals surface area contributed by atoms with E-state index in [4.69, 9.17) is 0 Å². The van der Waals surface area contributed by atoms with E-state index < -0.39 is 15.6 Å². The first-order chi connectivity index (χ1) is 10.7. The first-order valence-corrected chi connectivity index (χ1v) is 9.17. The summed E-state index contributed by atoms with van der Waals surface area (Å²) >= 11 is 0. The number of rotatable bonds is 8. The molecular formula is C16H27N3O3S. The zero-order chi connectivity index (χ0) is 17.5. The van der Waals surface area contributed by atoms with E-state index in [0.717, 1.165) is 13.0 Å². The molecule has 23 heavy (non-hydrogen) atoms. The average molecular weight is 341 g/mol. The van der Waals surface area contributed by atoms with Crippen molar-refractivity contribution in [3.63, 3.8) is 0 Å². The normalized spacial score (nSPS) is 12.2. The quantitative estimate of drug-likeness (QED) is 0.624. The van der Waals surface area contributed by atoms with E-state index in [1.54, 1.807) is 45.0 Å². The van der Waals surface area contributed by atoms with E-state index in [0.29, 0.717) is 12.0 Å². The second-order valence-electron chi connectivity index (χ2n) is 6.45. The van der Waals surface area contributed by atoms with Crippen molar-refractivity contribution in [2.45, 2.75) is 50.6 Å². The van der Waals surface area contributed by atoms with Crippen molar-refractivity contribution in [1.29, 1.82) is 0 Å². The zero-order valence-corrected chi connectivity index (χ0v) is 15.1. The third-order valence-corrected chi connectivity index (χ3v) is 4.87. The van der Waals surface area contributed by atoms with Crippen molar-refractivity contribution >= 4 is 15.9 Å². The maximum Gasteiger partial charge on any atom is 0.241 e. The summed E-state index contributed by atoms with van der Waals surface area (Å²) in [5, 5.41) is 5.75. The van der Waals surface area contributed by atoms with E-state index in [-0.39, 0.29) is 17.3 Å². The topological polar surface area (TPSA) is 87.3 Å². The smallest absolute Gasteiger partial charge is 0.241 e. The second-order valence-corrected chi connectivity index (χ2v) is 8.10. The number of sulfonamides is 1. The van der Waals surface area contributed by atoms with Crippen LogP contribution in [-0.4, -0.2) is 33.5 Å². The predicted octanol–water partition coefficient (Wildman–Crippen LogP) is 1.38. The standard InChI is InChI=1S/C16H27N3O3S/c1-16(2,3)19-23(21,22)14-9-6-5-8-13(14)12-18-15(20)10-7-11-17-4/h5-6,8-9,17,19H,7,10-12H2,1-4H3,(H,18,20). The van der Waals surface area contributed by atoms with Crippen LogP contribution in [0.5, 0.6) is 0 Å². The number of carbonyl (C=O) groups is 1. The maximum atomic E-state index is 12.5. The molecule has 1 rings (SSSR count). The summed E-state index contributed by atoms with van der Waals surface area (Å²) in [5.74, 6) is -0.0868. The molecule has 1 aromatic rings. The molecule has 0 saturated carbocycles. The third-order valence-electron chi connectivity index (χ3n) is 3.01. The summed E-state index contributed by atoms with van der Waals surface area (Å²) in [6.07, 6.45) is 1.16. The molecule has 0 aliphatic heterocycles. The van der Waals surface area contributed by atoms with Gasteiger partial charge in [0.05, 0.1) is 4.90 Å². The lowest BCUT2D eigenvalue weighted by Crippen LogP contribution is -2.41. The highest BCUT2D eigenvalue weighted by molar-refractivity contribution is 7.89. The molecule has 0 spiro atoms. The highest BCUT2D eigenvalue weighted by atomic mass is 32.2. The van der Waals surface area contributed by atoms with Crippen LogP contribution < -0.4 is 15.4 Å². The van der Waals surface area contributed by atoms with Gasteiger partial charge in [0.25, 0.3) is 0 Å². The summed E-state index contributed by atoms with van der Waals surface area (Å²) in [5.41, 5.74) is 0.00808. The van der Waals surface area contributed by atoms with Crippen LogP contribution in [0.4, 0.5) is 0 Å². The minimum atomic E-state index is -3.63. The molecule has 0 unspecified atom stereocenters. The lowest BCUT2D eigenvalue weighted by Gasteiger charge is -2.21. The van der Waals surface area contributed by atoms with E-state index in [1.165, 1.54) is 0 Å². The fraction of sp³-hybridized carbons (Fsp3) is 0.562. The van der Waals surface area contributed by atoms with Gasteiger partial charge in [-0.3, -0.25) is 4.79 Å². The van der Waals surface area contributed by atoms with Crippen molar-refractivity contribution in [2.75, 3.05) is 13.6 Å². The Morgan fingerprint density at radius 3 is 2.43 bits per heavy atom. The monoisotopic (exact) mass is 341 g/mol. The van der Waals surface area contributed by atoms with Crippen molar-refractivity contribution in [2.24, 2.45) is 0 Å². The van der Waals surface area contributed by atoms with Crippen LogP contribution in [-0.2, 0) is 21.4 Å². The summed E-state index contributed by atoms with van der Waals surface area (Å²) in [7, 11) is -1.79. The van der Waals surface area contributed by atoms with Crippen molar-refractivity contribution < 1.29 is 13.2 Å². The molecule has 0 heterocycles. The molecule has 0 aliphatic carbocycles. The Balaban J connectivity index is 2.80. The second kappa shape index (κ2) is 8.42. The Labute approximate surface area is 139 Å². The first-order valence-electron chi connectivity index (χ1n) is 7.69. The van der Waals surface area contributed by atoms with Gasteiger partial charge in [-0.15, -0.1) is 0 Å². The molecule has 3 N–H and O–H groups in total. The highest BCUT2D eigenvalue weighted by Gasteiger charge is 2.24. The number of carbonyl (C=O) groups excluding carboxylic acids is 1. The van der Waals surface area contributed by atoms with Gasteiger partial charge in [0.15, 0.2) is 0 Å². The molecule has 0 bridgehead atoms. The average Bonchev–Trinajstić information content (AvgIpc) is 2.43. The van der Waals surface area contributed by atoms with Crippen molar-refractivity contribution in [3.05, 3.63) is 29.8 Å². The minimum Gasteiger partial charge on any atom is -0.352 e. The van der Waals surface area contributed by atoms with Gasteiger partial charge in [0, 0.05) is 18.5 Å². The Morgan fingerprint density at radius 1 is 1.17 bits per heavy atom. The largest absolute Gasteiger partial charge is 0.352 e. The van der Waals surface area contributed by atoms with Gasteiger partial charge in [-0.25, -0.2) is 13.1 Å². The molecule has 0 saturated heterocycles. The van der Waals surface area contributed by atoms with Crippen LogP contribution >= 0.6 is 0 Å². The zero-order valence-electron chi connectivity index (χ0n) is 14.3. The van der Waals surface area contributed by atoms with E-state index in [9.17, 15) is 13.2 Å². The van der Waals surface area contributed by atoms with Crippen LogP contribution in [0.1, 0.15) is 39.2 Å². The van der Waals surface area contributed by atoms with Gasteiger partial charge in [0.2, 0.25) is 15.9 Å². The SMILES string of the molecule is CNCCCC(=O)NCc1ccccc1S(=O)(=O)NC(C)(C)C. The highest BCUT2D eigenvalue weighted by Crippen LogP contribution is 2.17. The van der Waals surface area contributed by atoms with Crippen molar-refractivity contribution in [1.82, 2.24) is 15.4 Å². The first kappa shape index (κ1) is 19.6. The van der Waals surface area contributed by atoms with Crippen LogP contribution in [0.3, 0.4) is 0 Å². The van der Waals surface area contributed by atoms with Crippen molar-refractivity contribution in [3.8, 4) is 0 Å². The van der Waals surface area contributed by atoms with Crippen LogP contribution in [0, 0.1) is 0 Å². The molecule has 7 heteroatoms. The Morgan fingerprint density at radius 2 is 1.83 bits per heavy atom. The number of hydrogen-bond acceptors (Lipinski definition) is 4. The van der Waals surface area contributed by atoms with Crippen LogP contribution in [0.2, 0.25) is 0 Å². The van der Waals surface area contributed by atoms with E-state index in [1.807, 2.05) is 7.05 Å². The number of benzene rings is 1. The van der Waals surface area contributed by atoms with Gasteiger partial charge in [-0.2, -0.15) is 0 Å². The lowest BCUT2D eigenvalue weighted by atomic mass is 10.1. The molecule has 1 amide bonds. The van der Waals surface area contributed by atoms with E-state index >= 15 is 0 Å². The summed E-state index contributed by atoms with van der Waals surface area (Å²) in [6, 6.07) is 6.70. The summed E-state index contributed by atoms with van der Waals surface area (Å²) in [6.45, 7) is 6.33. The predicted molar refractivity (Wildman–Crippen MR) is 91.5 cm³/mol. The third kappa shape index (κ3) is 7.11. The van der Waals surface area contributed by atoms with Crippen LogP contribution in [0.25, 0.3) is 0 Å².